The van der Waals surface area contributed by atoms with Gasteiger partial charge < -0.3 is 10.1 Å². The summed E-state index contributed by atoms with van der Waals surface area (Å²) in [7, 11) is 1.63. The second kappa shape index (κ2) is 6.48. The molecule has 3 rings (SSSR count). The van der Waals surface area contributed by atoms with Gasteiger partial charge in [-0.3, -0.25) is 4.79 Å². The zero-order chi connectivity index (χ0) is 16.2. The molecule has 1 amide bonds. The van der Waals surface area contributed by atoms with Crippen LogP contribution >= 0.6 is 0 Å². The first kappa shape index (κ1) is 15.0. The normalized spacial score (nSPS) is 12.1. The molecule has 6 nitrogen and oxygen atoms in total. The molecule has 23 heavy (non-hydrogen) atoms. The van der Waals surface area contributed by atoms with Crippen molar-refractivity contribution in [2.75, 3.05) is 7.11 Å². The molecule has 0 saturated carbocycles. The van der Waals surface area contributed by atoms with E-state index in [2.05, 4.69) is 20.7 Å². The zero-order valence-corrected chi connectivity index (χ0v) is 13.0. The summed E-state index contributed by atoms with van der Waals surface area (Å²) in [6.07, 6.45) is 0.796. The summed E-state index contributed by atoms with van der Waals surface area (Å²) in [6.45, 7) is 2.04. The topological polar surface area (TPSA) is 79.9 Å². The SMILES string of the molecule is CC[C@@H](NC(=O)c1ccc2n[nH]nc2c1)c1ccc(OC)cc1. The first-order valence-corrected chi connectivity index (χ1v) is 7.46. The number of hydrogen-bond donors (Lipinski definition) is 2. The molecule has 6 heteroatoms. The van der Waals surface area contributed by atoms with Crippen molar-refractivity contribution >= 4 is 16.9 Å². The molecule has 2 aromatic carbocycles. The van der Waals surface area contributed by atoms with E-state index in [4.69, 9.17) is 4.74 Å². The summed E-state index contributed by atoms with van der Waals surface area (Å²) in [4.78, 5) is 12.5. The molecule has 3 aromatic rings. The Morgan fingerprint density at radius 3 is 2.61 bits per heavy atom. The van der Waals surface area contributed by atoms with Gasteiger partial charge in [-0.15, -0.1) is 0 Å². The predicted molar refractivity (Wildman–Crippen MR) is 87.4 cm³/mol. The highest BCUT2D eigenvalue weighted by Gasteiger charge is 2.15. The van der Waals surface area contributed by atoms with Gasteiger partial charge in [-0.05, 0) is 42.3 Å². The molecule has 0 bridgehead atoms. The van der Waals surface area contributed by atoms with E-state index < -0.39 is 0 Å². The van der Waals surface area contributed by atoms with Crippen LogP contribution in [0.5, 0.6) is 5.75 Å². The van der Waals surface area contributed by atoms with Crippen molar-refractivity contribution in [2.24, 2.45) is 0 Å². The number of aromatic amines is 1. The molecule has 0 unspecified atom stereocenters. The van der Waals surface area contributed by atoms with Gasteiger partial charge in [0.15, 0.2) is 0 Å². The number of H-pyrrole nitrogens is 1. The third-order valence-electron chi connectivity index (χ3n) is 3.81. The molecule has 1 atom stereocenters. The minimum Gasteiger partial charge on any atom is -0.497 e. The molecule has 0 aliphatic carbocycles. The average Bonchev–Trinajstić information content (AvgIpc) is 3.07. The highest BCUT2D eigenvalue weighted by molar-refractivity contribution is 5.97. The summed E-state index contributed by atoms with van der Waals surface area (Å²) in [5, 5.41) is 13.6. The van der Waals surface area contributed by atoms with Crippen molar-refractivity contribution < 1.29 is 9.53 Å². The van der Waals surface area contributed by atoms with Crippen molar-refractivity contribution in [1.29, 1.82) is 0 Å². The van der Waals surface area contributed by atoms with E-state index in [9.17, 15) is 4.79 Å². The Kier molecular flexibility index (Phi) is 4.23. The maximum atomic E-state index is 12.5. The van der Waals surface area contributed by atoms with Gasteiger partial charge >= 0.3 is 0 Å². The number of carbonyl (C=O) groups is 1. The summed E-state index contributed by atoms with van der Waals surface area (Å²) in [5.74, 6) is 0.670. The van der Waals surface area contributed by atoms with Gasteiger partial charge in [0.2, 0.25) is 0 Å². The number of rotatable bonds is 5. The molecule has 2 N–H and O–H groups in total. The molecule has 1 heterocycles. The fourth-order valence-electron chi connectivity index (χ4n) is 2.48. The van der Waals surface area contributed by atoms with E-state index in [1.54, 1.807) is 25.3 Å². The van der Waals surface area contributed by atoms with Crippen LogP contribution in [-0.4, -0.2) is 28.4 Å². The molecule has 1 aromatic heterocycles. The molecule has 118 valence electrons. The average molecular weight is 310 g/mol. The van der Waals surface area contributed by atoms with Gasteiger partial charge in [-0.25, -0.2) is 0 Å². The van der Waals surface area contributed by atoms with Crippen LogP contribution in [0.15, 0.2) is 42.5 Å². The van der Waals surface area contributed by atoms with Crippen molar-refractivity contribution in [3.05, 3.63) is 53.6 Å². The van der Waals surface area contributed by atoms with Crippen LogP contribution < -0.4 is 10.1 Å². The van der Waals surface area contributed by atoms with Crippen LogP contribution in [0.3, 0.4) is 0 Å². The molecule has 0 aliphatic heterocycles. The minimum atomic E-state index is -0.127. The van der Waals surface area contributed by atoms with Gasteiger partial charge in [0.25, 0.3) is 5.91 Å². The molecule has 0 fully saturated rings. The smallest absolute Gasteiger partial charge is 0.251 e. The Morgan fingerprint density at radius 1 is 1.17 bits per heavy atom. The van der Waals surface area contributed by atoms with Gasteiger partial charge in [-0.2, -0.15) is 15.4 Å². The monoisotopic (exact) mass is 310 g/mol. The predicted octanol–water partition coefficient (Wildman–Crippen LogP) is 2.85. The number of carbonyl (C=O) groups excluding carboxylic acids is 1. The van der Waals surface area contributed by atoms with Crippen LogP contribution in [-0.2, 0) is 0 Å². The summed E-state index contributed by atoms with van der Waals surface area (Å²) < 4.78 is 5.16. The Hall–Kier alpha value is -2.89. The molecule has 0 saturated heterocycles. The summed E-state index contributed by atoms with van der Waals surface area (Å²) in [5.41, 5.74) is 3.03. The highest BCUT2D eigenvalue weighted by atomic mass is 16.5. The Bertz CT molecular complexity index is 811. The number of nitrogens with one attached hydrogen (secondary N) is 2. The fourth-order valence-corrected chi connectivity index (χ4v) is 2.48. The van der Waals surface area contributed by atoms with Crippen LogP contribution in [0.25, 0.3) is 11.0 Å². The number of hydrogen-bond acceptors (Lipinski definition) is 4. The van der Waals surface area contributed by atoms with Gasteiger partial charge in [0, 0.05) is 5.56 Å². The molecular formula is C17H18N4O2. The third-order valence-corrected chi connectivity index (χ3v) is 3.81. The number of nitrogens with zero attached hydrogens (tertiary/aromatic N) is 2. The lowest BCUT2D eigenvalue weighted by Crippen LogP contribution is -2.28. The Balaban J connectivity index is 1.78. The highest BCUT2D eigenvalue weighted by Crippen LogP contribution is 2.21. The number of amides is 1. The maximum absolute atomic E-state index is 12.5. The molecule has 0 aliphatic rings. The number of aromatic nitrogens is 3. The van der Waals surface area contributed by atoms with E-state index >= 15 is 0 Å². The second-order valence-corrected chi connectivity index (χ2v) is 5.23. The Labute approximate surface area is 133 Å². The van der Waals surface area contributed by atoms with Crippen LogP contribution in [0.1, 0.15) is 35.3 Å². The number of ether oxygens (including phenoxy) is 1. The van der Waals surface area contributed by atoms with Crippen molar-refractivity contribution in [3.63, 3.8) is 0 Å². The van der Waals surface area contributed by atoms with E-state index in [-0.39, 0.29) is 11.9 Å². The molecule has 0 spiro atoms. The standard InChI is InChI=1S/C17H18N4O2/c1-3-14(11-4-7-13(23-2)8-5-11)18-17(22)12-6-9-15-16(10-12)20-21-19-15/h4-10,14H,3H2,1-2H3,(H,18,22)(H,19,20,21)/t14-/m1/s1. The first-order chi connectivity index (χ1) is 11.2. The van der Waals surface area contributed by atoms with Crippen molar-refractivity contribution in [1.82, 2.24) is 20.7 Å². The van der Waals surface area contributed by atoms with E-state index in [1.165, 1.54) is 0 Å². The third kappa shape index (κ3) is 3.15. The van der Waals surface area contributed by atoms with Gasteiger partial charge in [0.05, 0.1) is 13.2 Å². The second-order valence-electron chi connectivity index (χ2n) is 5.23. The lowest BCUT2D eigenvalue weighted by Gasteiger charge is -2.18. The van der Waals surface area contributed by atoms with Crippen molar-refractivity contribution in [2.45, 2.75) is 19.4 Å². The number of fused-ring (bicyclic) bond motifs is 1. The first-order valence-electron chi connectivity index (χ1n) is 7.46. The van der Waals surface area contributed by atoms with E-state index in [0.29, 0.717) is 11.1 Å². The van der Waals surface area contributed by atoms with Crippen LogP contribution in [0.2, 0.25) is 0 Å². The van der Waals surface area contributed by atoms with Gasteiger partial charge in [-0.1, -0.05) is 19.1 Å². The quantitative estimate of drug-likeness (QED) is 0.759. The minimum absolute atomic E-state index is 0.0542. The van der Waals surface area contributed by atoms with Crippen LogP contribution in [0, 0.1) is 0 Å². The Morgan fingerprint density at radius 2 is 1.91 bits per heavy atom. The zero-order valence-electron chi connectivity index (χ0n) is 13.0. The van der Waals surface area contributed by atoms with E-state index in [0.717, 1.165) is 23.3 Å². The lowest BCUT2D eigenvalue weighted by atomic mass is 10.0. The largest absolute Gasteiger partial charge is 0.497 e. The maximum Gasteiger partial charge on any atom is 0.251 e. The number of benzene rings is 2. The summed E-state index contributed by atoms with van der Waals surface area (Å²) >= 11 is 0. The molecule has 0 radical (unpaired) electrons. The number of methoxy groups -OCH3 is 1. The van der Waals surface area contributed by atoms with Crippen molar-refractivity contribution in [3.8, 4) is 5.75 Å². The molecular weight excluding hydrogens is 292 g/mol. The summed E-state index contributed by atoms with van der Waals surface area (Å²) in [6, 6.07) is 12.9. The van der Waals surface area contributed by atoms with Crippen LogP contribution in [0.4, 0.5) is 0 Å². The fraction of sp³-hybridized carbons (Fsp3) is 0.235. The lowest BCUT2D eigenvalue weighted by molar-refractivity contribution is 0.0935. The van der Waals surface area contributed by atoms with Gasteiger partial charge in [0.1, 0.15) is 16.8 Å². The van der Waals surface area contributed by atoms with E-state index in [1.807, 2.05) is 31.2 Å².